The van der Waals surface area contributed by atoms with Gasteiger partial charge in [0.15, 0.2) is 0 Å². The highest BCUT2D eigenvalue weighted by molar-refractivity contribution is 5.09. The Morgan fingerprint density at radius 1 is 0.800 bits per heavy atom. The van der Waals surface area contributed by atoms with Crippen LogP contribution in [0.5, 0.6) is 0 Å². The first kappa shape index (κ1) is 17.9. The molecule has 0 saturated heterocycles. The maximum absolute atomic E-state index is 9.51. The van der Waals surface area contributed by atoms with E-state index in [1.54, 1.807) is 0 Å². The van der Waals surface area contributed by atoms with Crippen molar-refractivity contribution in [3.05, 3.63) is 0 Å². The Hall–Kier alpha value is -0.120. The molecular formula is C17H34O3. The van der Waals surface area contributed by atoms with Crippen molar-refractivity contribution in [2.75, 3.05) is 6.61 Å². The van der Waals surface area contributed by atoms with E-state index >= 15 is 0 Å². The van der Waals surface area contributed by atoms with Gasteiger partial charge in [-0.3, -0.25) is 0 Å². The normalized spacial score (nSPS) is 38.4. The van der Waals surface area contributed by atoms with Crippen molar-refractivity contribution >= 4 is 0 Å². The van der Waals surface area contributed by atoms with E-state index in [1.165, 1.54) is 32.1 Å². The first-order valence-electron chi connectivity index (χ1n) is 8.14. The molecule has 20 heavy (non-hydrogen) atoms. The van der Waals surface area contributed by atoms with E-state index in [1.807, 2.05) is 27.7 Å². The minimum Gasteiger partial charge on any atom is -0.396 e. The van der Waals surface area contributed by atoms with Crippen molar-refractivity contribution in [1.82, 2.24) is 0 Å². The second-order valence-electron chi connectivity index (χ2n) is 7.93. The zero-order valence-corrected chi connectivity index (χ0v) is 13.9. The molecule has 2 aliphatic carbocycles. The van der Waals surface area contributed by atoms with Crippen molar-refractivity contribution in [3.63, 3.8) is 0 Å². The van der Waals surface area contributed by atoms with Crippen molar-refractivity contribution in [2.24, 2.45) is 22.7 Å². The van der Waals surface area contributed by atoms with Crippen molar-refractivity contribution in [3.8, 4) is 0 Å². The van der Waals surface area contributed by atoms with Crippen LogP contribution in [0.4, 0.5) is 0 Å². The summed E-state index contributed by atoms with van der Waals surface area (Å²) in [4.78, 5) is 0. The molecule has 2 saturated carbocycles. The Morgan fingerprint density at radius 2 is 1.15 bits per heavy atom. The van der Waals surface area contributed by atoms with Crippen LogP contribution in [-0.2, 0) is 0 Å². The van der Waals surface area contributed by atoms with Gasteiger partial charge >= 0.3 is 0 Å². The number of hydrogen-bond acceptors (Lipinski definition) is 3. The van der Waals surface area contributed by atoms with Gasteiger partial charge in [0, 0.05) is 17.4 Å². The van der Waals surface area contributed by atoms with Crippen LogP contribution in [0.2, 0.25) is 0 Å². The summed E-state index contributed by atoms with van der Waals surface area (Å²) in [6.07, 6.45) is 5.79. The molecule has 120 valence electrons. The summed E-state index contributed by atoms with van der Waals surface area (Å²) in [6.45, 7) is 10.2. The van der Waals surface area contributed by atoms with Crippen LogP contribution in [0.1, 0.15) is 66.7 Å². The van der Waals surface area contributed by atoms with Crippen LogP contribution in [-0.4, -0.2) is 34.1 Å². The smallest absolute Gasteiger partial charge is 0.0691 e. The second-order valence-corrected chi connectivity index (χ2v) is 7.93. The quantitative estimate of drug-likeness (QED) is 0.731. The predicted octanol–water partition coefficient (Wildman–Crippen LogP) is 2.97. The molecule has 3 heteroatoms. The third-order valence-corrected chi connectivity index (χ3v) is 5.62. The Kier molecular flexibility index (Phi) is 6.06. The van der Waals surface area contributed by atoms with Gasteiger partial charge in [-0.1, -0.05) is 53.9 Å². The molecule has 0 aromatic carbocycles. The van der Waals surface area contributed by atoms with Gasteiger partial charge in [-0.25, -0.2) is 0 Å². The van der Waals surface area contributed by atoms with Gasteiger partial charge in [-0.05, 0) is 24.7 Å². The van der Waals surface area contributed by atoms with E-state index in [2.05, 4.69) is 6.92 Å². The maximum atomic E-state index is 9.51. The van der Waals surface area contributed by atoms with Crippen LogP contribution in [0.3, 0.4) is 0 Å². The second kappa shape index (κ2) is 6.76. The molecule has 0 spiro atoms. The molecule has 0 unspecified atom stereocenters. The average Bonchev–Trinajstić information content (AvgIpc) is 2.46. The third-order valence-electron chi connectivity index (χ3n) is 5.62. The molecule has 0 heterocycles. The molecule has 3 N–H and O–H groups in total. The van der Waals surface area contributed by atoms with E-state index in [0.29, 0.717) is 12.5 Å². The Morgan fingerprint density at radius 3 is 1.40 bits per heavy atom. The van der Waals surface area contributed by atoms with Crippen LogP contribution < -0.4 is 0 Å². The molecule has 0 atom stereocenters. The molecule has 3 nitrogen and oxygen atoms in total. The first-order chi connectivity index (χ1) is 9.17. The number of aliphatic hydroxyl groups is 3. The molecule has 2 rings (SSSR count). The van der Waals surface area contributed by atoms with Crippen LogP contribution in [0.25, 0.3) is 0 Å². The summed E-state index contributed by atoms with van der Waals surface area (Å²) in [5, 5.41) is 27.9. The molecule has 0 aromatic heterocycles. The summed E-state index contributed by atoms with van der Waals surface area (Å²) in [7, 11) is 0. The Balaban J connectivity index is 0.000000200. The van der Waals surface area contributed by atoms with E-state index in [9.17, 15) is 10.2 Å². The summed E-state index contributed by atoms with van der Waals surface area (Å²) < 4.78 is 0. The van der Waals surface area contributed by atoms with Crippen LogP contribution >= 0.6 is 0 Å². The van der Waals surface area contributed by atoms with Gasteiger partial charge in [0.05, 0.1) is 12.2 Å². The lowest BCUT2D eigenvalue weighted by atomic mass is 9.51. The largest absolute Gasteiger partial charge is 0.396 e. The number of aliphatic hydroxyl groups excluding tert-OH is 3. The highest BCUT2D eigenvalue weighted by Gasteiger charge is 2.60. The topological polar surface area (TPSA) is 60.7 Å². The van der Waals surface area contributed by atoms with E-state index in [-0.39, 0.29) is 23.0 Å². The summed E-state index contributed by atoms with van der Waals surface area (Å²) in [5.74, 6) is 1.59. The lowest BCUT2D eigenvalue weighted by Crippen LogP contribution is -2.67. The highest BCUT2D eigenvalue weighted by Crippen LogP contribution is 2.53. The Labute approximate surface area is 124 Å². The van der Waals surface area contributed by atoms with Gasteiger partial charge in [0.25, 0.3) is 0 Å². The minimum atomic E-state index is -0.380. The molecule has 0 aromatic rings. The zero-order chi connectivity index (χ0) is 15.6. The fourth-order valence-electron chi connectivity index (χ4n) is 3.94. The zero-order valence-electron chi connectivity index (χ0n) is 13.9. The molecule has 2 fully saturated rings. The SMILES string of the molecule is CC1(C)C(O)C(C)(C)C1O.CCC1CCC(CO)CC1. The monoisotopic (exact) mass is 286 g/mol. The van der Waals surface area contributed by atoms with Gasteiger partial charge < -0.3 is 15.3 Å². The molecular weight excluding hydrogens is 252 g/mol. The highest BCUT2D eigenvalue weighted by atomic mass is 16.3. The molecule has 0 radical (unpaired) electrons. The fourth-order valence-corrected chi connectivity index (χ4v) is 3.94. The fraction of sp³-hybridized carbons (Fsp3) is 1.00. The van der Waals surface area contributed by atoms with Crippen molar-refractivity contribution < 1.29 is 15.3 Å². The standard InChI is InChI=1S/C9H18O.C8H16O2/c1-2-8-3-5-9(7-10)6-4-8;1-7(2)5(9)8(3,4)6(7)10/h8-10H,2-7H2,1H3;5-6,9-10H,1-4H3. The average molecular weight is 286 g/mol. The molecule has 2 aliphatic rings. The van der Waals surface area contributed by atoms with Crippen molar-refractivity contribution in [1.29, 1.82) is 0 Å². The molecule has 0 aliphatic heterocycles. The van der Waals surface area contributed by atoms with Crippen LogP contribution in [0, 0.1) is 22.7 Å². The maximum Gasteiger partial charge on any atom is 0.0691 e. The van der Waals surface area contributed by atoms with E-state index in [4.69, 9.17) is 5.11 Å². The molecule has 0 bridgehead atoms. The number of rotatable bonds is 2. The lowest BCUT2D eigenvalue weighted by Gasteiger charge is -2.59. The Bertz CT molecular complexity index is 249. The first-order valence-corrected chi connectivity index (χ1v) is 8.14. The predicted molar refractivity (Wildman–Crippen MR) is 82.4 cm³/mol. The van der Waals surface area contributed by atoms with Gasteiger partial charge in [-0.2, -0.15) is 0 Å². The number of hydrogen-bond donors (Lipinski definition) is 3. The van der Waals surface area contributed by atoms with E-state index in [0.717, 1.165) is 5.92 Å². The van der Waals surface area contributed by atoms with Crippen molar-refractivity contribution in [2.45, 2.75) is 78.9 Å². The van der Waals surface area contributed by atoms with E-state index < -0.39 is 0 Å². The van der Waals surface area contributed by atoms with Gasteiger partial charge in [0.2, 0.25) is 0 Å². The van der Waals surface area contributed by atoms with Gasteiger partial charge in [0.1, 0.15) is 0 Å². The summed E-state index contributed by atoms with van der Waals surface area (Å²) >= 11 is 0. The summed E-state index contributed by atoms with van der Waals surface area (Å²) in [6, 6.07) is 0. The summed E-state index contributed by atoms with van der Waals surface area (Å²) in [5.41, 5.74) is -0.632. The molecule has 0 amide bonds. The van der Waals surface area contributed by atoms with Gasteiger partial charge in [-0.15, -0.1) is 0 Å². The third kappa shape index (κ3) is 3.55. The van der Waals surface area contributed by atoms with Crippen LogP contribution in [0.15, 0.2) is 0 Å². The lowest BCUT2D eigenvalue weighted by molar-refractivity contribution is -0.247. The minimum absolute atomic E-state index is 0.316.